The molecular weight excluding hydrogens is 244 g/mol. The minimum Gasteiger partial charge on any atom is -0.488 e. The summed E-state index contributed by atoms with van der Waals surface area (Å²) in [6.07, 6.45) is 0. The molecule has 108 valence electrons. The van der Waals surface area contributed by atoms with Gasteiger partial charge in [-0.1, -0.05) is 63.6 Å². The second kappa shape index (κ2) is 7.74. The predicted octanol–water partition coefficient (Wildman–Crippen LogP) is 5.92. The Hall–Kier alpha value is -1.76. The number of hydrogen-bond donors (Lipinski definition) is 0. The molecule has 3 rings (SSSR count). The van der Waals surface area contributed by atoms with Crippen molar-refractivity contribution in [3.63, 3.8) is 0 Å². The Balaban J connectivity index is 0.000000461. The average molecular weight is 270 g/mol. The van der Waals surface area contributed by atoms with Crippen LogP contribution in [0.4, 0.5) is 0 Å². The normalized spacial score (nSPS) is 10.7. The standard InChI is InChI=1S/C15H14O.2C2H6/c1-10-3-5-13-12(7-10)9-16-15-8-11(2)4-6-14(13)15;2*1-2/h3-8H,9H2,1-2H3;2*1-2H3. The van der Waals surface area contributed by atoms with Crippen LogP contribution in [0.2, 0.25) is 0 Å². The Kier molecular flexibility index (Phi) is 6.30. The highest BCUT2D eigenvalue weighted by Crippen LogP contribution is 2.38. The van der Waals surface area contributed by atoms with Crippen LogP contribution in [0.25, 0.3) is 11.1 Å². The Morgan fingerprint density at radius 2 is 1.30 bits per heavy atom. The van der Waals surface area contributed by atoms with E-state index < -0.39 is 0 Å². The number of aryl methyl sites for hydroxylation is 2. The minimum atomic E-state index is 0.688. The maximum atomic E-state index is 5.79. The molecule has 0 atom stereocenters. The molecule has 0 bridgehead atoms. The lowest BCUT2D eigenvalue weighted by Crippen LogP contribution is -2.05. The summed E-state index contributed by atoms with van der Waals surface area (Å²) in [5, 5.41) is 0. The molecule has 0 N–H and O–H groups in total. The van der Waals surface area contributed by atoms with E-state index >= 15 is 0 Å². The maximum Gasteiger partial charge on any atom is 0.127 e. The van der Waals surface area contributed by atoms with Crippen LogP contribution in [0.15, 0.2) is 36.4 Å². The summed E-state index contributed by atoms with van der Waals surface area (Å²) in [5.74, 6) is 1.01. The molecule has 0 saturated carbocycles. The van der Waals surface area contributed by atoms with Crippen LogP contribution >= 0.6 is 0 Å². The molecule has 1 aliphatic heterocycles. The van der Waals surface area contributed by atoms with Crippen molar-refractivity contribution >= 4 is 0 Å². The van der Waals surface area contributed by atoms with Crippen molar-refractivity contribution in [2.45, 2.75) is 48.1 Å². The number of hydrogen-bond acceptors (Lipinski definition) is 1. The van der Waals surface area contributed by atoms with Crippen molar-refractivity contribution in [1.82, 2.24) is 0 Å². The Labute approximate surface area is 123 Å². The topological polar surface area (TPSA) is 9.23 Å². The van der Waals surface area contributed by atoms with E-state index in [9.17, 15) is 0 Å². The molecule has 0 amide bonds. The van der Waals surface area contributed by atoms with E-state index in [-0.39, 0.29) is 0 Å². The summed E-state index contributed by atoms with van der Waals surface area (Å²) in [4.78, 5) is 0. The van der Waals surface area contributed by atoms with E-state index in [4.69, 9.17) is 4.74 Å². The lowest BCUT2D eigenvalue weighted by atomic mass is 9.95. The lowest BCUT2D eigenvalue weighted by Gasteiger charge is -2.21. The zero-order chi connectivity index (χ0) is 15.1. The minimum absolute atomic E-state index is 0.688. The number of fused-ring (bicyclic) bond motifs is 3. The molecule has 2 aromatic rings. The second-order valence-corrected chi connectivity index (χ2v) is 4.45. The van der Waals surface area contributed by atoms with Gasteiger partial charge in [-0.05, 0) is 36.6 Å². The van der Waals surface area contributed by atoms with Crippen molar-refractivity contribution in [2.24, 2.45) is 0 Å². The zero-order valence-corrected chi connectivity index (χ0v) is 13.6. The molecule has 20 heavy (non-hydrogen) atoms. The average Bonchev–Trinajstić information content (AvgIpc) is 2.50. The SMILES string of the molecule is CC.CC.Cc1ccc2c(c1)COc1cc(C)ccc1-2. The van der Waals surface area contributed by atoms with Gasteiger partial charge in [-0.3, -0.25) is 0 Å². The van der Waals surface area contributed by atoms with Crippen LogP contribution in [0, 0.1) is 13.8 Å². The largest absolute Gasteiger partial charge is 0.488 e. The van der Waals surface area contributed by atoms with Crippen molar-refractivity contribution < 1.29 is 4.74 Å². The Bertz CT molecular complexity index is 504. The molecule has 0 saturated heterocycles. The van der Waals surface area contributed by atoms with Crippen molar-refractivity contribution in [3.8, 4) is 16.9 Å². The third-order valence-corrected chi connectivity index (χ3v) is 3.07. The van der Waals surface area contributed by atoms with Gasteiger partial charge < -0.3 is 4.74 Å². The fraction of sp³-hybridized carbons (Fsp3) is 0.368. The van der Waals surface area contributed by atoms with E-state index in [1.165, 1.54) is 27.8 Å². The number of ether oxygens (including phenoxy) is 1. The van der Waals surface area contributed by atoms with Crippen LogP contribution in [0.1, 0.15) is 44.4 Å². The molecule has 1 heteroatoms. The maximum absolute atomic E-state index is 5.79. The molecule has 1 heterocycles. The van der Waals surface area contributed by atoms with E-state index in [2.05, 4.69) is 50.2 Å². The fourth-order valence-electron chi connectivity index (χ4n) is 2.23. The van der Waals surface area contributed by atoms with Gasteiger partial charge >= 0.3 is 0 Å². The van der Waals surface area contributed by atoms with Gasteiger partial charge in [0, 0.05) is 5.56 Å². The Morgan fingerprint density at radius 1 is 0.750 bits per heavy atom. The van der Waals surface area contributed by atoms with E-state index in [1.807, 2.05) is 27.7 Å². The van der Waals surface area contributed by atoms with Crippen molar-refractivity contribution in [1.29, 1.82) is 0 Å². The van der Waals surface area contributed by atoms with E-state index in [0.717, 1.165) is 5.75 Å². The summed E-state index contributed by atoms with van der Waals surface area (Å²) in [5.41, 5.74) is 6.35. The lowest BCUT2D eigenvalue weighted by molar-refractivity contribution is 0.302. The molecule has 1 nitrogen and oxygen atoms in total. The second-order valence-electron chi connectivity index (χ2n) is 4.45. The van der Waals surface area contributed by atoms with E-state index in [0.29, 0.717) is 6.61 Å². The number of benzene rings is 2. The highest BCUT2D eigenvalue weighted by Gasteiger charge is 2.16. The summed E-state index contributed by atoms with van der Waals surface area (Å²) in [6, 6.07) is 13.0. The molecule has 2 aromatic carbocycles. The summed E-state index contributed by atoms with van der Waals surface area (Å²) in [7, 11) is 0. The van der Waals surface area contributed by atoms with Gasteiger partial charge in [-0.2, -0.15) is 0 Å². The highest BCUT2D eigenvalue weighted by atomic mass is 16.5. The number of rotatable bonds is 0. The van der Waals surface area contributed by atoms with Crippen LogP contribution in [0.5, 0.6) is 5.75 Å². The van der Waals surface area contributed by atoms with Gasteiger partial charge in [0.15, 0.2) is 0 Å². The van der Waals surface area contributed by atoms with Crippen LogP contribution in [0.3, 0.4) is 0 Å². The first-order valence-electron chi connectivity index (χ1n) is 7.57. The smallest absolute Gasteiger partial charge is 0.127 e. The third-order valence-electron chi connectivity index (χ3n) is 3.07. The molecule has 0 fully saturated rings. The predicted molar refractivity (Wildman–Crippen MR) is 88.4 cm³/mol. The van der Waals surface area contributed by atoms with Gasteiger partial charge in [0.05, 0.1) is 0 Å². The van der Waals surface area contributed by atoms with Crippen LogP contribution in [-0.4, -0.2) is 0 Å². The molecule has 0 unspecified atom stereocenters. The first kappa shape index (κ1) is 16.3. The van der Waals surface area contributed by atoms with Crippen LogP contribution in [-0.2, 0) is 6.61 Å². The monoisotopic (exact) mass is 270 g/mol. The molecule has 0 aromatic heterocycles. The summed E-state index contributed by atoms with van der Waals surface area (Å²) < 4.78 is 5.79. The zero-order valence-electron chi connectivity index (χ0n) is 13.6. The first-order valence-corrected chi connectivity index (χ1v) is 7.57. The quantitative estimate of drug-likeness (QED) is 0.577. The fourth-order valence-corrected chi connectivity index (χ4v) is 2.23. The van der Waals surface area contributed by atoms with Gasteiger partial charge in [-0.15, -0.1) is 0 Å². The van der Waals surface area contributed by atoms with Crippen LogP contribution < -0.4 is 4.74 Å². The van der Waals surface area contributed by atoms with Gasteiger partial charge in [-0.25, -0.2) is 0 Å². The molecule has 0 radical (unpaired) electrons. The van der Waals surface area contributed by atoms with E-state index in [1.54, 1.807) is 0 Å². The van der Waals surface area contributed by atoms with Crippen molar-refractivity contribution in [2.75, 3.05) is 0 Å². The van der Waals surface area contributed by atoms with Gasteiger partial charge in [0.25, 0.3) is 0 Å². The highest BCUT2D eigenvalue weighted by molar-refractivity contribution is 5.75. The summed E-state index contributed by atoms with van der Waals surface area (Å²) in [6.45, 7) is 12.9. The molecule has 0 aliphatic carbocycles. The van der Waals surface area contributed by atoms with Gasteiger partial charge in [0.2, 0.25) is 0 Å². The molecule has 1 aliphatic rings. The third kappa shape index (κ3) is 3.41. The molecular formula is C19H26O. The van der Waals surface area contributed by atoms with Crippen molar-refractivity contribution in [3.05, 3.63) is 53.1 Å². The first-order chi connectivity index (χ1) is 9.74. The molecule has 0 spiro atoms. The van der Waals surface area contributed by atoms with Gasteiger partial charge in [0.1, 0.15) is 12.4 Å². The Morgan fingerprint density at radius 3 is 1.95 bits per heavy atom. The summed E-state index contributed by atoms with van der Waals surface area (Å²) >= 11 is 0.